The summed E-state index contributed by atoms with van der Waals surface area (Å²) in [5.41, 5.74) is 2.97. The van der Waals surface area contributed by atoms with Gasteiger partial charge in [-0.1, -0.05) is 30.3 Å². The van der Waals surface area contributed by atoms with Crippen molar-refractivity contribution in [2.24, 2.45) is 0 Å². The van der Waals surface area contributed by atoms with Gasteiger partial charge in [0, 0.05) is 22.8 Å². The van der Waals surface area contributed by atoms with Gasteiger partial charge in [-0.25, -0.2) is 0 Å². The standard InChI is InChI=1S/C19H15N3OS2/c1-12-15(14-5-3-2-4-6-14)16-17(25-12)21-19(24)22(18(16)23)11-13-7-9-20-10-8-13/h2-10H,11H2,1H3,(H,21,24). The molecule has 0 bridgehead atoms. The molecule has 0 aliphatic rings. The number of H-pyrrole nitrogens is 1. The van der Waals surface area contributed by atoms with Gasteiger partial charge in [-0.3, -0.25) is 14.3 Å². The molecule has 124 valence electrons. The fraction of sp³-hybridized carbons (Fsp3) is 0.105. The minimum atomic E-state index is -0.0567. The van der Waals surface area contributed by atoms with Crippen LogP contribution in [0.4, 0.5) is 0 Å². The summed E-state index contributed by atoms with van der Waals surface area (Å²) in [7, 11) is 0. The highest BCUT2D eigenvalue weighted by Crippen LogP contribution is 2.35. The topological polar surface area (TPSA) is 50.7 Å². The van der Waals surface area contributed by atoms with Crippen molar-refractivity contribution in [3.8, 4) is 11.1 Å². The summed E-state index contributed by atoms with van der Waals surface area (Å²) in [5, 5.41) is 0.705. The van der Waals surface area contributed by atoms with Crippen LogP contribution in [-0.4, -0.2) is 14.5 Å². The van der Waals surface area contributed by atoms with Gasteiger partial charge in [-0.15, -0.1) is 11.3 Å². The van der Waals surface area contributed by atoms with Gasteiger partial charge in [0.1, 0.15) is 4.83 Å². The normalized spacial score (nSPS) is 11.1. The number of pyridine rings is 1. The van der Waals surface area contributed by atoms with Gasteiger partial charge in [0.15, 0.2) is 4.77 Å². The van der Waals surface area contributed by atoms with Crippen molar-refractivity contribution in [3.63, 3.8) is 0 Å². The SMILES string of the molecule is Cc1sc2[nH]c(=S)n(Cc3ccncc3)c(=O)c2c1-c1ccccc1. The van der Waals surface area contributed by atoms with Crippen molar-refractivity contribution in [1.29, 1.82) is 0 Å². The van der Waals surface area contributed by atoms with Crippen LogP contribution >= 0.6 is 23.6 Å². The number of thiophene rings is 1. The van der Waals surface area contributed by atoms with E-state index in [9.17, 15) is 4.79 Å². The molecule has 4 rings (SSSR count). The van der Waals surface area contributed by atoms with Crippen LogP contribution in [0.25, 0.3) is 21.3 Å². The van der Waals surface area contributed by atoms with Gasteiger partial charge in [0.2, 0.25) is 0 Å². The molecule has 0 fully saturated rings. The summed E-state index contributed by atoms with van der Waals surface area (Å²) < 4.78 is 2.06. The number of hydrogen-bond donors (Lipinski definition) is 1. The Morgan fingerprint density at radius 2 is 1.88 bits per heavy atom. The second kappa shape index (κ2) is 6.38. The number of nitrogens with one attached hydrogen (secondary N) is 1. The lowest BCUT2D eigenvalue weighted by atomic mass is 10.0. The number of nitrogens with zero attached hydrogens (tertiary/aromatic N) is 2. The van der Waals surface area contributed by atoms with E-state index >= 15 is 0 Å². The lowest BCUT2D eigenvalue weighted by Crippen LogP contribution is -2.22. The summed E-state index contributed by atoms with van der Waals surface area (Å²) in [6, 6.07) is 13.8. The number of rotatable bonds is 3. The summed E-state index contributed by atoms with van der Waals surface area (Å²) >= 11 is 7.01. The molecule has 0 saturated carbocycles. The molecule has 0 aliphatic carbocycles. The monoisotopic (exact) mass is 365 g/mol. The molecule has 0 radical (unpaired) electrons. The van der Waals surface area contributed by atoms with Crippen LogP contribution in [0.2, 0.25) is 0 Å². The van der Waals surface area contributed by atoms with Crippen LogP contribution < -0.4 is 5.56 Å². The van der Waals surface area contributed by atoms with Crippen LogP contribution in [0.1, 0.15) is 10.4 Å². The van der Waals surface area contributed by atoms with Gasteiger partial charge in [0.25, 0.3) is 5.56 Å². The molecule has 1 aromatic carbocycles. The summed E-state index contributed by atoms with van der Waals surface area (Å²) in [5.74, 6) is 0. The second-order valence-corrected chi connectivity index (χ2v) is 7.39. The molecule has 0 spiro atoms. The molecule has 0 atom stereocenters. The summed E-state index contributed by atoms with van der Waals surface area (Å²) in [6.07, 6.45) is 3.44. The Morgan fingerprint density at radius 1 is 1.16 bits per heavy atom. The first-order valence-electron chi connectivity index (χ1n) is 7.85. The minimum Gasteiger partial charge on any atom is -0.323 e. The van der Waals surface area contributed by atoms with Gasteiger partial charge < -0.3 is 4.98 Å². The molecule has 0 saturated heterocycles. The van der Waals surface area contributed by atoms with E-state index in [-0.39, 0.29) is 5.56 Å². The Bertz CT molecular complexity index is 1160. The number of benzene rings is 1. The van der Waals surface area contributed by atoms with Crippen molar-refractivity contribution in [3.05, 3.63) is 80.4 Å². The molecule has 0 amide bonds. The average molecular weight is 365 g/mol. The summed E-state index contributed by atoms with van der Waals surface area (Å²) in [4.78, 5) is 22.4. The Labute approximate surface area is 153 Å². The maximum Gasteiger partial charge on any atom is 0.263 e. The molecule has 4 nitrogen and oxygen atoms in total. The first-order valence-corrected chi connectivity index (χ1v) is 9.08. The van der Waals surface area contributed by atoms with Crippen molar-refractivity contribution in [1.82, 2.24) is 14.5 Å². The summed E-state index contributed by atoms with van der Waals surface area (Å²) in [6.45, 7) is 2.46. The molecule has 4 aromatic rings. The van der Waals surface area contributed by atoms with E-state index in [2.05, 4.69) is 9.97 Å². The first-order chi connectivity index (χ1) is 12.1. The van der Waals surface area contributed by atoms with Crippen LogP contribution in [0.5, 0.6) is 0 Å². The molecule has 3 heterocycles. The van der Waals surface area contributed by atoms with E-state index in [1.807, 2.05) is 49.4 Å². The number of fused-ring (bicyclic) bond motifs is 1. The Balaban J connectivity index is 1.98. The zero-order chi connectivity index (χ0) is 17.4. The molecule has 25 heavy (non-hydrogen) atoms. The molecule has 1 N–H and O–H groups in total. The first kappa shape index (κ1) is 15.9. The molecule has 0 aliphatic heterocycles. The second-order valence-electron chi connectivity index (χ2n) is 5.78. The van der Waals surface area contributed by atoms with Gasteiger partial charge in [-0.2, -0.15) is 0 Å². The minimum absolute atomic E-state index is 0.0567. The van der Waals surface area contributed by atoms with Crippen molar-refractivity contribution < 1.29 is 0 Å². The fourth-order valence-corrected chi connectivity index (χ4v) is 4.38. The Morgan fingerprint density at radius 3 is 2.60 bits per heavy atom. The Kier molecular flexibility index (Phi) is 4.07. The highest BCUT2D eigenvalue weighted by atomic mass is 32.1. The fourth-order valence-electron chi connectivity index (χ4n) is 3.00. The highest BCUT2D eigenvalue weighted by molar-refractivity contribution is 7.71. The quantitative estimate of drug-likeness (QED) is 0.542. The van der Waals surface area contributed by atoms with E-state index in [4.69, 9.17) is 12.2 Å². The largest absolute Gasteiger partial charge is 0.323 e. The third kappa shape index (κ3) is 2.83. The van der Waals surface area contributed by atoms with E-state index in [0.29, 0.717) is 16.7 Å². The number of hydrogen-bond acceptors (Lipinski definition) is 4. The highest BCUT2D eigenvalue weighted by Gasteiger charge is 2.17. The van der Waals surface area contributed by atoms with Crippen LogP contribution in [-0.2, 0) is 6.54 Å². The van der Waals surface area contributed by atoms with E-state index in [1.165, 1.54) is 0 Å². The van der Waals surface area contributed by atoms with E-state index in [1.54, 1.807) is 28.3 Å². The van der Waals surface area contributed by atoms with Crippen molar-refractivity contribution in [2.45, 2.75) is 13.5 Å². The maximum atomic E-state index is 13.2. The molecular weight excluding hydrogens is 350 g/mol. The van der Waals surface area contributed by atoms with Crippen molar-refractivity contribution in [2.75, 3.05) is 0 Å². The lowest BCUT2D eigenvalue weighted by molar-refractivity contribution is 0.734. The maximum absolute atomic E-state index is 13.2. The van der Waals surface area contributed by atoms with Gasteiger partial charge in [0.05, 0.1) is 11.9 Å². The lowest BCUT2D eigenvalue weighted by Gasteiger charge is -2.08. The number of aryl methyl sites for hydroxylation is 1. The predicted octanol–water partition coefficient (Wildman–Crippen LogP) is 4.54. The van der Waals surface area contributed by atoms with Crippen molar-refractivity contribution >= 4 is 33.8 Å². The van der Waals surface area contributed by atoms with Crippen LogP contribution in [0.3, 0.4) is 0 Å². The molecular formula is C19H15N3OS2. The molecule has 6 heteroatoms. The molecule has 0 unspecified atom stereocenters. The average Bonchev–Trinajstić information content (AvgIpc) is 2.96. The third-order valence-corrected chi connectivity index (χ3v) is 5.50. The van der Waals surface area contributed by atoms with Gasteiger partial charge >= 0.3 is 0 Å². The zero-order valence-corrected chi connectivity index (χ0v) is 15.2. The predicted molar refractivity (Wildman–Crippen MR) is 105 cm³/mol. The van der Waals surface area contributed by atoms with Gasteiger partial charge in [-0.05, 0) is 42.4 Å². The third-order valence-electron chi connectivity index (χ3n) is 4.16. The number of aromatic amines is 1. The number of aromatic nitrogens is 3. The van der Waals surface area contributed by atoms with Crippen LogP contribution in [0.15, 0.2) is 59.7 Å². The van der Waals surface area contributed by atoms with E-state index < -0.39 is 0 Å². The smallest absolute Gasteiger partial charge is 0.263 e. The molecule has 3 aromatic heterocycles. The van der Waals surface area contributed by atoms with Crippen LogP contribution in [0, 0.1) is 11.7 Å². The Hall–Kier alpha value is -2.57. The zero-order valence-electron chi connectivity index (χ0n) is 13.5. The van der Waals surface area contributed by atoms with E-state index in [0.717, 1.165) is 26.4 Å².